The van der Waals surface area contributed by atoms with Crippen LogP contribution in [0.5, 0.6) is 0 Å². The molecule has 6 nitrogen and oxygen atoms in total. The van der Waals surface area contributed by atoms with Crippen molar-refractivity contribution in [1.29, 1.82) is 0 Å². The van der Waals surface area contributed by atoms with Crippen LogP contribution in [0.1, 0.15) is 15.9 Å². The van der Waals surface area contributed by atoms with Gasteiger partial charge in [0.25, 0.3) is 5.91 Å². The molecule has 0 unspecified atom stereocenters. The zero-order chi connectivity index (χ0) is 15.4. The molecule has 0 bridgehead atoms. The normalized spacial score (nSPS) is 10.2. The number of hydrogen-bond donors (Lipinski definition) is 2. The second kappa shape index (κ2) is 6.17. The van der Waals surface area contributed by atoms with E-state index < -0.39 is 11.7 Å². The molecule has 0 fully saturated rings. The van der Waals surface area contributed by atoms with E-state index in [9.17, 15) is 14.0 Å². The highest BCUT2D eigenvalue weighted by Crippen LogP contribution is 2.13. The zero-order valence-electron chi connectivity index (χ0n) is 11.7. The molecule has 0 radical (unpaired) electrons. The molecule has 0 saturated carbocycles. The Labute approximate surface area is 121 Å². The van der Waals surface area contributed by atoms with Crippen LogP contribution in [0, 0.1) is 12.7 Å². The minimum Gasteiger partial charge on any atom is -0.358 e. The highest BCUT2D eigenvalue weighted by molar-refractivity contribution is 6.04. The van der Waals surface area contributed by atoms with Gasteiger partial charge in [0, 0.05) is 13.2 Å². The first-order chi connectivity index (χ1) is 9.99. The third-order valence-corrected chi connectivity index (χ3v) is 2.84. The number of hydrogen-bond acceptors (Lipinski definition) is 3. The Bertz CT molecular complexity index is 681. The van der Waals surface area contributed by atoms with Crippen molar-refractivity contribution in [3.8, 4) is 0 Å². The third kappa shape index (κ3) is 3.65. The number of amides is 2. The SMILES string of the molecule is CNC(=O)Cn1cc(NC(=O)c2ccc(C)cc2F)cn1. The van der Waals surface area contributed by atoms with E-state index in [0.29, 0.717) is 5.69 Å². The average molecular weight is 290 g/mol. The molecular formula is C14H15FN4O2. The number of nitrogens with one attached hydrogen (secondary N) is 2. The van der Waals surface area contributed by atoms with Gasteiger partial charge in [-0.05, 0) is 24.6 Å². The van der Waals surface area contributed by atoms with Crippen LogP contribution in [-0.2, 0) is 11.3 Å². The predicted octanol–water partition coefficient (Wildman–Crippen LogP) is 1.33. The van der Waals surface area contributed by atoms with E-state index in [1.807, 2.05) is 0 Å². The molecular weight excluding hydrogens is 275 g/mol. The van der Waals surface area contributed by atoms with Gasteiger partial charge in [0.2, 0.25) is 5.91 Å². The Balaban J connectivity index is 2.07. The topological polar surface area (TPSA) is 76.0 Å². The summed E-state index contributed by atoms with van der Waals surface area (Å²) in [6, 6.07) is 4.38. The van der Waals surface area contributed by atoms with Crippen LogP contribution in [0.4, 0.5) is 10.1 Å². The van der Waals surface area contributed by atoms with Crippen LogP contribution in [-0.4, -0.2) is 28.6 Å². The molecule has 0 aliphatic heterocycles. The molecule has 0 saturated heterocycles. The first kappa shape index (κ1) is 14.7. The lowest BCUT2D eigenvalue weighted by molar-refractivity contribution is -0.121. The largest absolute Gasteiger partial charge is 0.358 e. The molecule has 2 rings (SSSR count). The molecule has 2 aromatic rings. The number of halogens is 1. The van der Waals surface area contributed by atoms with E-state index in [1.165, 1.54) is 36.3 Å². The number of aryl methyl sites for hydroxylation is 1. The van der Waals surface area contributed by atoms with Crippen LogP contribution < -0.4 is 10.6 Å². The van der Waals surface area contributed by atoms with E-state index >= 15 is 0 Å². The lowest BCUT2D eigenvalue weighted by Crippen LogP contribution is -2.23. The Morgan fingerprint density at radius 3 is 2.81 bits per heavy atom. The smallest absolute Gasteiger partial charge is 0.258 e. The van der Waals surface area contributed by atoms with E-state index in [4.69, 9.17) is 0 Å². The quantitative estimate of drug-likeness (QED) is 0.892. The number of benzene rings is 1. The fraction of sp³-hybridized carbons (Fsp3) is 0.214. The van der Waals surface area contributed by atoms with Crippen molar-refractivity contribution >= 4 is 17.5 Å². The van der Waals surface area contributed by atoms with Gasteiger partial charge in [-0.3, -0.25) is 14.3 Å². The Kier molecular flexibility index (Phi) is 4.32. The highest BCUT2D eigenvalue weighted by atomic mass is 19.1. The number of anilines is 1. The van der Waals surface area contributed by atoms with Crippen molar-refractivity contribution in [2.75, 3.05) is 12.4 Å². The van der Waals surface area contributed by atoms with Crippen molar-refractivity contribution < 1.29 is 14.0 Å². The molecule has 2 N–H and O–H groups in total. The zero-order valence-corrected chi connectivity index (χ0v) is 11.7. The first-order valence-electron chi connectivity index (χ1n) is 6.30. The van der Waals surface area contributed by atoms with Gasteiger partial charge in [0.1, 0.15) is 12.4 Å². The van der Waals surface area contributed by atoms with Gasteiger partial charge in [-0.15, -0.1) is 0 Å². The average Bonchev–Trinajstić information content (AvgIpc) is 2.85. The van der Waals surface area contributed by atoms with E-state index in [0.717, 1.165) is 5.56 Å². The molecule has 1 heterocycles. The van der Waals surface area contributed by atoms with Gasteiger partial charge in [-0.2, -0.15) is 5.10 Å². The van der Waals surface area contributed by atoms with Crippen molar-refractivity contribution in [2.24, 2.45) is 0 Å². The monoisotopic (exact) mass is 290 g/mol. The third-order valence-electron chi connectivity index (χ3n) is 2.84. The van der Waals surface area contributed by atoms with E-state index in [1.54, 1.807) is 13.0 Å². The van der Waals surface area contributed by atoms with Gasteiger partial charge < -0.3 is 10.6 Å². The van der Waals surface area contributed by atoms with Gasteiger partial charge >= 0.3 is 0 Å². The Morgan fingerprint density at radius 2 is 2.14 bits per heavy atom. The minimum absolute atomic E-state index is 0.0420. The van der Waals surface area contributed by atoms with Gasteiger partial charge in [0.15, 0.2) is 0 Å². The van der Waals surface area contributed by atoms with Crippen molar-refractivity contribution in [3.63, 3.8) is 0 Å². The fourth-order valence-corrected chi connectivity index (χ4v) is 1.74. The molecule has 21 heavy (non-hydrogen) atoms. The van der Waals surface area contributed by atoms with Crippen LogP contribution in [0.3, 0.4) is 0 Å². The molecule has 1 aromatic carbocycles. The molecule has 2 amide bonds. The maximum atomic E-state index is 13.7. The summed E-state index contributed by atoms with van der Waals surface area (Å²) in [6.45, 7) is 1.79. The number of carbonyl (C=O) groups is 2. The lowest BCUT2D eigenvalue weighted by Gasteiger charge is -2.04. The van der Waals surface area contributed by atoms with Crippen molar-refractivity contribution in [3.05, 3.63) is 47.5 Å². The maximum absolute atomic E-state index is 13.7. The summed E-state index contributed by atoms with van der Waals surface area (Å²) in [7, 11) is 1.52. The Hall–Kier alpha value is -2.70. The second-order valence-electron chi connectivity index (χ2n) is 4.54. The van der Waals surface area contributed by atoms with Crippen LogP contribution in [0.25, 0.3) is 0 Å². The lowest BCUT2D eigenvalue weighted by atomic mass is 10.1. The second-order valence-corrected chi connectivity index (χ2v) is 4.54. The number of carbonyl (C=O) groups excluding carboxylic acids is 2. The van der Waals surface area contributed by atoms with E-state index in [2.05, 4.69) is 15.7 Å². The molecule has 1 aromatic heterocycles. The van der Waals surface area contributed by atoms with Crippen molar-refractivity contribution in [1.82, 2.24) is 15.1 Å². The molecule has 0 aliphatic rings. The van der Waals surface area contributed by atoms with Gasteiger partial charge in [0.05, 0.1) is 17.4 Å². The summed E-state index contributed by atoms with van der Waals surface area (Å²) >= 11 is 0. The standard InChI is InChI=1S/C14H15FN4O2/c1-9-3-4-11(12(15)5-9)14(21)18-10-6-17-19(7-10)8-13(20)16-2/h3-7H,8H2,1-2H3,(H,16,20)(H,18,21). The number of nitrogens with zero attached hydrogens (tertiary/aromatic N) is 2. The van der Waals surface area contributed by atoms with Crippen molar-refractivity contribution in [2.45, 2.75) is 13.5 Å². The van der Waals surface area contributed by atoms with Crippen LogP contribution in [0.15, 0.2) is 30.6 Å². The summed E-state index contributed by atoms with van der Waals surface area (Å²) in [6.07, 6.45) is 2.90. The summed E-state index contributed by atoms with van der Waals surface area (Å²) in [4.78, 5) is 23.2. The summed E-state index contributed by atoms with van der Waals surface area (Å²) < 4.78 is 15.1. The fourth-order valence-electron chi connectivity index (χ4n) is 1.74. The molecule has 0 spiro atoms. The van der Waals surface area contributed by atoms with Gasteiger partial charge in [-0.1, -0.05) is 6.07 Å². The minimum atomic E-state index is -0.578. The molecule has 110 valence electrons. The predicted molar refractivity (Wildman–Crippen MR) is 75.4 cm³/mol. The number of likely N-dealkylation sites (N-methyl/N-ethyl adjacent to an activating group) is 1. The van der Waals surface area contributed by atoms with E-state index in [-0.39, 0.29) is 18.0 Å². The van der Waals surface area contributed by atoms with Gasteiger partial charge in [-0.25, -0.2) is 4.39 Å². The first-order valence-corrected chi connectivity index (χ1v) is 6.30. The number of rotatable bonds is 4. The molecule has 7 heteroatoms. The summed E-state index contributed by atoms with van der Waals surface area (Å²) in [5, 5.41) is 8.94. The number of aromatic nitrogens is 2. The molecule has 0 aliphatic carbocycles. The Morgan fingerprint density at radius 1 is 1.38 bits per heavy atom. The van der Waals surface area contributed by atoms with Crippen LogP contribution in [0.2, 0.25) is 0 Å². The highest BCUT2D eigenvalue weighted by Gasteiger charge is 2.13. The molecule has 0 atom stereocenters. The maximum Gasteiger partial charge on any atom is 0.258 e. The summed E-state index contributed by atoms with van der Waals surface area (Å²) in [5.74, 6) is -1.35. The summed E-state index contributed by atoms with van der Waals surface area (Å²) in [5.41, 5.74) is 1.09. The van der Waals surface area contributed by atoms with Crippen LogP contribution >= 0.6 is 0 Å².